The number of pyridine rings is 2. The molecule has 0 radical (unpaired) electrons. The van der Waals surface area contributed by atoms with Crippen LogP contribution in [0.25, 0.3) is 5.52 Å². The maximum Gasteiger partial charge on any atom is 0.278 e. The number of carbonyl (C=O) groups is 1. The van der Waals surface area contributed by atoms with E-state index in [1.54, 1.807) is 25.3 Å². The number of aryl methyl sites for hydroxylation is 1. The summed E-state index contributed by atoms with van der Waals surface area (Å²) < 4.78 is 2.38. The summed E-state index contributed by atoms with van der Waals surface area (Å²) >= 11 is 3.34. The minimum atomic E-state index is -0.358. The van der Waals surface area contributed by atoms with E-state index in [0.717, 1.165) is 4.47 Å². The molecule has 8 heteroatoms. The van der Waals surface area contributed by atoms with E-state index >= 15 is 0 Å². The fourth-order valence-electron chi connectivity index (χ4n) is 1.89. The van der Waals surface area contributed by atoms with Crippen LogP contribution < -0.4 is 11.1 Å². The number of halogens is 1. The van der Waals surface area contributed by atoms with Gasteiger partial charge in [0.1, 0.15) is 0 Å². The number of aromatic nitrogens is 4. The van der Waals surface area contributed by atoms with E-state index in [4.69, 9.17) is 5.73 Å². The molecule has 3 aromatic heterocycles. The van der Waals surface area contributed by atoms with Crippen LogP contribution >= 0.6 is 15.9 Å². The van der Waals surface area contributed by atoms with Gasteiger partial charge in [-0.1, -0.05) is 5.21 Å². The SMILES string of the molecule is Cc1ncc(N)cc1NC(=O)c1nnn2cc(Br)ccc12. The highest BCUT2D eigenvalue weighted by Gasteiger charge is 2.16. The van der Waals surface area contributed by atoms with Crippen LogP contribution in [0.5, 0.6) is 0 Å². The molecule has 3 rings (SSSR count). The van der Waals surface area contributed by atoms with Gasteiger partial charge in [-0.25, -0.2) is 4.52 Å². The lowest BCUT2D eigenvalue weighted by Gasteiger charge is -2.07. The van der Waals surface area contributed by atoms with Crippen molar-refractivity contribution < 1.29 is 4.79 Å². The predicted octanol–water partition coefficient (Wildman–Crippen LogP) is 2.03. The molecule has 0 fully saturated rings. The number of hydrogen-bond donors (Lipinski definition) is 2. The van der Waals surface area contributed by atoms with Crippen LogP contribution in [0.4, 0.5) is 11.4 Å². The first-order chi connectivity index (χ1) is 10.0. The van der Waals surface area contributed by atoms with E-state index < -0.39 is 0 Å². The molecule has 1 amide bonds. The summed E-state index contributed by atoms with van der Waals surface area (Å²) in [7, 11) is 0. The molecule has 0 unspecified atom stereocenters. The number of nitrogens with one attached hydrogen (secondary N) is 1. The maximum absolute atomic E-state index is 12.3. The summed E-state index contributed by atoms with van der Waals surface area (Å²) in [5, 5.41) is 10.6. The molecule has 3 N–H and O–H groups in total. The zero-order valence-electron chi connectivity index (χ0n) is 11.0. The van der Waals surface area contributed by atoms with Gasteiger partial charge in [0, 0.05) is 10.7 Å². The molecule has 0 aromatic carbocycles. The molecule has 7 nitrogen and oxygen atoms in total. The molecule has 0 aliphatic rings. The lowest BCUT2D eigenvalue weighted by Crippen LogP contribution is -2.14. The smallest absolute Gasteiger partial charge is 0.278 e. The van der Waals surface area contributed by atoms with Gasteiger partial charge in [-0.15, -0.1) is 5.10 Å². The third-order valence-corrected chi connectivity index (χ3v) is 3.42. The summed E-state index contributed by atoms with van der Waals surface area (Å²) in [5.74, 6) is -0.358. The first kappa shape index (κ1) is 13.5. The van der Waals surface area contributed by atoms with Crippen LogP contribution in [0.1, 0.15) is 16.2 Å². The zero-order valence-corrected chi connectivity index (χ0v) is 12.6. The number of amides is 1. The van der Waals surface area contributed by atoms with Crippen molar-refractivity contribution in [2.45, 2.75) is 6.92 Å². The van der Waals surface area contributed by atoms with E-state index in [-0.39, 0.29) is 11.6 Å². The van der Waals surface area contributed by atoms with Crippen LogP contribution in [0.3, 0.4) is 0 Å². The number of nitrogens with two attached hydrogens (primary N) is 1. The summed E-state index contributed by atoms with van der Waals surface area (Å²) in [6.45, 7) is 1.79. The largest absolute Gasteiger partial charge is 0.397 e. The first-order valence-electron chi connectivity index (χ1n) is 6.08. The molecule has 106 valence electrons. The topological polar surface area (TPSA) is 98.2 Å². The Morgan fingerprint density at radius 2 is 2.24 bits per heavy atom. The number of carbonyl (C=O) groups excluding carboxylic acids is 1. The van der Waals surface area contributed by atoms with Crippen molar-refractivity contribution in [3.05, 3.63) is 46.5 Å². The van der Waals surface area contributed by atoms with Gasteiger partial charge in [0.2, 0.25) is 0 Å². The predicted molar refractivity (Wildman–Crippen MR) is 82.0 cm³/mol. The Balaban J connectivity index is 1.95. The van der Waals surface area contributed by atoms with Crippen molar-refractivity contribution >= 4 is 38.7 Å². The Kier molecular flexibility index (Phi) is 3.30. The van der Waals surface area contributed by atoms with Crippen molar-refractivity contribution in [3.8, 4) is 0 Å². The van der Waals surface area contributed by atoms with Crippen molar-refractivity contribution in [2.75, 3.05) is 11.1 Å². The second-order valence-electron chi connectivity index (χ2n) is 4.47. The molecule has 0 bridgehead atoms. The van der Waals surface area contributed by atoms with Crippen molar-refractivity contribution in [2.24, 2.45) is 0 Å². The Labute approximate surface area is 128 Å². The van der Waals surface area contributed by atoms with Gasteiger partial charge in [-0.3, -0.25) is 9.78 Å². The molecule has 0 saturated heterocycles. The first-order valence-corrected chi connectivity index (χ1v) is 6.88. The number of nitrogens with zero attached hydrogens (tertiary/aromatic N) is 4. The number of fused-ring (bicyclic) bond motifs is 1. The van der Waals surface area contributed by atoms with Gasteiger partial charge >= 0.3 is 0 Å². The van der Waals surface area contributed by atoms with E-state index in [1.807, 2.05) is 6.07 Å². The van der Waals surface area contributed by atoms with Crippen molar-refractivity contribution in [3.63, 3.8) is 0 Å². The Bertz CT molecular complexity index is 844. The standard InChI is InChI=1S/C13H11BrN6O/c1-7-10(4-9(15)5-16-7)17-13(21)12-11-3-2-8(14)6-20(11)19-18-12/h2-6H,15H2,1H3,(H,17,21). The summed E-state index contributed by atoms with van der Waals surface area (Å²) in [6.07, 6.45) is 3.27. The lowest BCUT2D eigenvalue weighted by atomic mass is 10.2. The third-order valence-electron chi connectivity index (χ3n) is 2.95. The van der Waals surface area contributed by atoms with Gasteiger partial charge in [-0.05, 0) is 41.1 Å². The Morgan fingerprint density at radius 3 is 3.05 bits per heavy atom. The summed E-state index contributed by atoms with van der Waals surface area (Å²) in [5.41, 5.74) is 8.24. The second-order valence-corrected chi connectivity index (χ2v) is 5.39. The lowest BCUT2D eigenvalue weighted by molar-refractivity contribution is 0.102. The maximum atomic E-state index is 12.3. The minimum Gasteiger partial charge on any atom is -0.397 e. The van der Waals surface area contributed by atoms with Crippen molar-refractivity contribution in [1.82, 2.24) is 19.8 Å². The van der Waals surface area contributed by atoms with Gasteiger partial charge in [0.25, 0.3) is 5.91 Å². The molecule has 0 spiro atoms. The van der Waals surface area contributed by atoms with Gasteiger partial charge in [-0.2, -0.15) is 0 Å². The molecule has 0 saturated carbocycles. The van der Waals surface area contributed by atoms with Crippen LogP contribution in [0.15, 0.2) is 35.1 Å². The molecular weight excluding hydrogens is 336 g/mol. The highest BCUT2D eigenvalue weighted by molar-refractivity contribution is 9.10. The molecule has 3 aromatic rings. The average molecular weight is 347 g/mol. The fraction of sp³-hybridized carbons (Fsp3) is 0.0769. The monoisotopic (exact) mass is 346 g/mol. The molecule has 0 aliphatic heterocycles. The molecule has 0 atom stereocenters. The molecular formula is C13H11BrN6O. The minimum absolute atomic E-state index is 0.240. The van der Waals surface area contributed by atoms with E-state index in [0.29, 0.717) is 22.6 Å². The van der Waals surface area contributed by atoms with E-state index in [2.05, 4.69) is 36.5 Å². The number of hydrogen-bond acceptors (Lipinski definition) is 5. The van der Waals surface area contributed by atoms with Crippen LogP contribution in [-0.2, 0) is 0 Å². The molecule has 21 heavy (non-hydrogen) atoms. The van der Waals surface area contributed by atoms with Crippen LogP contribution in [-0.4, -0.2) is 25.7 Å². The Hall–Kier alpha value is -2.48. The molecule has 3 heterocycles. The Morgan fingerprint density at radius 1 is 1.43 bits per heavy atom. The zero-order chi connectivity index (χ0) is 15.0. The fourth-order valence-corrected chi connectivity index (χ4v) is 2.22. The number of nitrogen functional groups attached to an aromatic ring is 1. The normalized spacial score (nSPS) is 10.8. The highest BCUT2D eigenvalue weighted by Crippen LogP contribution is 2.18. The summed E-state index contributed by atoms with van der Waals surface area (Å²) in [6, 6.07) is 5.24. The number of rotatable bonds is 2. The van der Waals surface area contributed by atoms with Gasteiger partial charge < -0.3 is 11.1 Å². The summed E-state index contributed by atoms with van der Waals surface area (Å²) in [4.78, 5) is 16.4. The molecule has 0 aliphatic carbocycles. The van der Waals surface area contributed by atoms with Gasteiger partial charge in [0.15, 0.2) is 5.69 Å². The highest BCUT2D eigenvalue weighted by atomic mass is 79.9. The second kappa shape index (κ2) is 5.13. The van der Waals surface area contributed by atoms with Crippen molar-refractivity contribution in [1.29, 1.82) is 0 Å². The van der Waals surface area contributed by atoms with E-state index in [9.17, 15) is 4.79 Å². The number of anilines is 2. The third kappa shape index (κ3) is 2.57. The van der Waals surface area contributed by atoms with Crippen LogP contribution in [0, 0.1) is 6.92 Å². The average Bonchev–Trinajstić information content (AvgIpc) is 2.85. The van der Waals surface area contributed by atoms with Crippen LogP contribution in [0.2, 0.25) is 0 Å². The van der Waals surface area contributed by atoms with Gasteiger partial charge in [0.05, 0.1) is 28.8 Å². The van der Waals surface area contributed by atoms with E-state index in [1.165, 1.54) is 10.7 Å². The quantitative estimate of drug-likeness (QED) is 0.739.